The fourth-order valence-corrected chi connectivity index (χ4v) is 7.27. The van der Waals surface area contributed by atoms with Crippen LogP contribution in [0.5, 0.6) is 23.0 Å². The highest BCUT2D eigenvalue weighted by molar-refractivity contribution is 7.99. The van der Waals surface area contributed by atoms with Gasteiger partial charge in [0.25, 0.3) is 0 Å². The first-order valence-corrected chi connectivity index (χ1v) is 19.0. The number of ether oxygens (including phenoxy) is 6. The van der Waals surface area contributed by atoms with Crippen molar-refractivity contribution in [2.45, 2.75) is 69.4 Å². The summed E-state index contributed by atoms with van der Waals surface area (Å²) in [5.74, 6) is 9.63. The van der Waals surface area contributed by atoms with Crippen LogP contribution in [-0.2, 0) is 24.9 Å². The molecule has 0 spiro atoms. The summed E-state index contributed by atoms with van der Waals surface area (Å²) in [5, 5.41) is 12.5. The zero-order chi connectivity index (χ0) is 34.1. The summed E-state index contributed by atoms with van der Waals surface area (Å²) < 4.78 is 39.6. The molecule has 10 heteroatoms. The quantitative estimate of drug-likeness (QED) is 0.107. The van der Waals surface area contributed by atoms with E-state index in [0.29, 0.717) is 28.6 Å². The first-order valence-electron chi connectivity index (χ1n) is 15.6. The third-order valence-electron chi connectivity index (χ3n) is 7.65. The van der Waals surface area contributed by atoms with Crippen molar-refractivity contribution in [1.82, 2.24) is 0 Å². The lowest BCUT2D eigenvalue weighted by atomic mass is 9.66. The number of thioether (sulfide) groups is 1. The van der Waals surface area contributed by atoms with E-state index in [1.807, 2.05) is 73.7 Å². The summed E-state index contributed by atoms with van der Waals surface area (Å²) in [5.41, 5.74) is -0.560. The molecule has 0 bridgehead atoms. The highest BCUT2D eigenvalue weighted by atomic mass is 32.2. The van der Waals surface area contributed by atoms with Crippen molar-refractivity contribution in [3.05, 3.63) is 77.9 Å². The van der Waals surface area contributed by atoms with Crippen LogP contribution in [0.2, 0.25) is 13.1 Å². The molecule has 3 aromatic carbocycles. The molecule has 0 fully saturated rings. The van der Waals surface area contributed by atoms with Crippen LogP contribution in [0.25, 0.3) is 0 Å². The van der Waals surface area contributed by atoms with Gasteiger partial charge in [-0.1, -0.05) is 57.7 Å². The van der Waals surface area contributed by atoms with Crippen molar-refractivity contribution in [2.24, 2.45) is 5.41 Å². The zero-order valence-electron chi connectivity index (χ0n) is 28.7. The zero-order valence-corrected chi connectivity index (χ0v) is 30.5. The Bertz CT molecular complexity index is 1500. The molecule has 3 aromatic rings. The van der Waals surface area contributed by atoms with Crippen LogP contribution in [0.3, 0.4) is 0 Å². The first kappa shape index (κ1) is 36.7. The van der Waals surface area contributed by atoms with Crippen molar-refractivity contribution in [2.75, 3.05) is 40.2 Å². The van der Waals surface area contributed by atoms with E-state index in [1.54, 1.807) is 26.0 Å². The van der Waals surface area contributed by atoms with E-state index < -0.39 is 20.1 Å². The van der Waals surface area contributed by atoms with Crippen LogP contribution < -0.4 is 18.9 Å². The minimum Gasteiger partial charge on any atom is -0.481 e. The number of hydrogen-bond acceptors (Lipinski definition) is 9. The van der Waals surface area contributed by atoms with Crippen molar-refractivity contribution in [3.8, 4) is 34.8 Å². The van der Waals surface area contributed by atoms with Gasteiger partial charge in [0.05, 0.1) is 0 Å². The lowest BCUT2D eigenvalue weighted by molar-refractivity contribution is -0.0247. The molecule has 0 saturated heterocycles. The molecule has 1 heterocycles. The van der Waals surface area contributed by atoms with Gasteiger partial charge in [0.2, 0.25) is 9.04 Å². The van der Waals surface area contributed by atoms with Crippen LogP contribution in [-0.4, -0.2) is 60.6 Å². The minimum absolute atomic E-state index is 0.0728. The van der Waals surface area contributed by atoms with Crippen molar-refractivity contribution < 1.29 is 38.0 Å². The van der Waals surface area contributed by atoms with Gasteiger partial charge in [-0.05, 0) is 72.6 Å². The Kier molecular flexibility index (Phi) is 12.7. The monoisotopic (exact) mass is 679 g/mol. The fraction of sp³-hybridized carbons (Fsp3) is 0.459. The predicted molar refractivity (Wildman–Crippen MR) is 187 cm³/mol. The normalized spacial score (nSPS) is 19.7. The van der Waals surface area contributed by atoms with E-state index in [0.717, 1.165) is 22.6 Å². The van der Waals surface area contributed by atoms with Crippen LogP contribution in [0.15, 0.2) is 71.6 Å². The molecule has 1 N–H and O–H groups in total. The van der Waals surface area contributed by atoms with Gasteiger partial charge in [-0.2, -0.15) is 0 Å². The molecule has 1 radical (unpaired) electrons. The number of hydrogen-bond donors (Lipinski definition) is 1. The third-order valence-corrected chi connectivity index (χ3v) is 9.76. The highest BCUT2D eigenvalue weighted by Crippen LogP contribution is 2.53. The van der Waals surface area contributed by atoms with Gasteiger partial charge in [-0.15, -0.1) is 11.8 Å². The Morgan fingerprint density at radius 1 is 0.851 bits per heavy atom. The van der Waals surface area contributed by atoms with Gasteiger partial charge >= 0.3 is 0 Å². The Morgan fingerprint density at radius 2 is 1.43 bits per heavy atom. The fourth-order valence-electron chi connectivity index (χ4n) is 5.22. The van der Waals surface area contributed by atoms with E-state index in [4.69, 9.17) is 32.8 Å². The van der Waals surface area contributed by atoms with E-state index in [2.05, 4.69) is 45.7 Å². The molecule has 0 saturated carbocycles. The maximum atomic E-state index is 12.5. The second-order valence-electron chi connectivity index (χ2n) is 13.0. The van der Waals surface area contributed by atoms with Crippen molar-refractivity contribution in [3.63, 3.8) is 0 Å². The van der Waals surface area contributed by atoms with E-state index in [-0.39, 0.29) is 31.9 Å². The molecule has 3 atom stereocenters. The molecular formula is C37H47O8SSi. The summed E-state index contributed by atoms with van der Waals surface area (Å²) in [6, 6.07) is 20.8. The average Bonchev–Trinajstić information content (AvgIpc) is 3.03. The van der Waals surface area contributed by atoms with Crippen LogP contribution in [0.1, 0.15) is 45.2 Å². The molecule has 0 aliphatic carbocycles. The number of methoxy groups -OCH3 is 2. The highest BCUT2D eigenvalue weighted by Gasteiger charge is 2.52. The molecule has 253 valence electrons. The lowest BCUT2D eigenvalue weighted by Gasteiger charge is -2.46. The topological polar surface area (TPSA) is 84.8 Å². The van der Waals surface area contributed by atoms with Crippen LogP contribution in [0.4, 0.5) is 0 Å². The second kappa shape index (κ2) is 16.3. The summed E-state index contributed by atoms with van der Waals surface area (Å²) in [7, 11) is 2.24. The molecule has 47 heavy (non-hydrogen) atoms. The Balaban J connectivity index is 1.55. The molecule has 0 amide bonds. The van der Waals surface area contributed by atoms with E-state index >= 15 is 0 Å². The molecule has 1 aliphatic heterocycles. The molecular weight excluding hydrogens is 633 g/mol. The van der Waals surface area contributed by atoms with Gasteiger partial charge in [0.1, 0.15) is 29.6 Å². The van der Waals surface area contributed by atoms with Gasteiger partial charge in [0.15, 0.2) is 25.5 Å². The van der Waals surface area contributed by atoms with Gasteiger partial charge < -0.3 is 38.0 Å². The van der Waals surface area contributed by atoms with Crippen LogP contribution >= 0.6 is 11.8 Å². The molecule has 8 nitrogen and oxygen atoms in total. The van der Waals surface area contributed by atoms with Crippen molar-refractivity contribution >= 4 is 20.8 Å². The lowest BCUT2D eigenvalue weighted by Crippen LogP contribution is -2.50. The Hall–Kier alpha value is -3.17. The molecule has 0 aromatic heterocycles. The number of rotatable bonds is 14. The summed E-state index contributed by atoms with van der Waals surface area (Å²) >= 11 is 1.66. The number of fused-ring (bicyclic) bond motifs is 1. The Morgan fingerprint density at radius 3 is 2.04 bits per heavy atom. The summed E-state index contributed by atoms with van der Waals surface area (Å²) in [6.07, 6.45) is 0.479. The third kappa shape index (κ3) is 9.69. The largest absolute Gasteiger partial charge is 0.481 e. The van der Waals surface area contributed by atoms with E-state index in [9.17, 15) is 5.11 Å². The SMILES string of the molecule is COCOc1ccc(C2(C)CSc3cc(OCOC)ccc3C2(O)C#CCOc2ccc(OC(CC(C)(C)C)O[Si](C)C)cc2)cc1. The van der Waals surface area contributed by atoms with Crippen molar-refractivity contribution in [1.29, 1.82) is 0 Å². The maximum absolute atomic E-state index is 12.5. The molecule has 1 aliphatic rings. The first-order chi connectivity index (χ1) is 22.4. The number of aliphatic hydroxyl groups is 1. The van der Waals surface area contributed by atoms with Gasteiger partial charge in [0, 0.05) is 42.3 Å². The minimum atomic E-state index is -1.52. The summed E-state index contributed by atoms with van der Waals surface area (Å²) in [4.78, 5) is 0.901. The smallest absolute Gasteiger partial charge is 0.209 e. The Labute approximate surface area is 285 Å². The predicted octanol–water partition coefficient (Wildman–Crippen LogP) is 7.39. The molecule has 4 rings (SSSR count). The van der Waals surface area contributed by atoms with Crippen LogP contribution in [0, 0.1) is 17.3 Å². The summed E-state index contributed by atoms with van der Waals surface area (Å²) in [6.45, 7) is 13.2. The van der Waals surface area contributed by atoms with Gasteiger partial charge in [-0.3, -0.25) is 0 Å². The average molecular weight is 680 g/mol. The second-order valence-corrected chi connectivity index (χ2v) is 16.1. The van der Waals surface area contributed by atoms with E-state index in [1.165, 1.54) is 0 Å². The number of benzene rings is 3. The standard InChI is InChI=1S/C37H47O8SSi/c1-35(2,3)23-34(45-47(7)8)44-30-16-14-28(15-17-30)41-21-9-20-37(38)32-19-18-31(43-26-40-6)22-33(32)46-24-36(37,4)27-10-12-29(13-11-27)42-25-39-5/h10-19,22,34,38H,21,23-26H2,1-8H3. The molecule has 3 unspecified atom stereocenters. The van der Waals surface area contributed by atoms with Gasteiger partial charge in [-0.25, -0.2) is 0 Å². The maximum Gasteiger partial charge on any atom is 0.209 e.